The molecule has 0 fully saturated rings. The third-order valence-corrected chi connectivity index (χ3v) is 4.42. The van der Waals surface area contributed by atoms with E-state index in [1.807, 2.05) is 49.5 Å². The number of carbonyl (C=O) groups is 1. The molecule has 0 saturated carbocycles. The lowest BCUT2D eigenvalue weighted by molar-refractivity contribution is -0.115. The lowest BCUT2D eigenvalue weighted by Crippen LogP contribution is -2.13. The van der Waals surface area contributed by atoms with Crippen molar-refractivity contribution in [2.75, 3.05) is 5.75 Å². The van der Waals surface area contributed by atoms with E-state index in [4.69, 9.17) is 10.5 Å². The van der Waals surface area contributed by atoms with Crippen molar-refractivity contribution in [1.82, 2.24) is 14.8 Å². The number of amides is 1. The molecule has 2 N–H and O–H groups in total. The van der Waals surface area contributed by atoms with Crippen molar-refractivity contribution in [3.05, 3.63) is 48.3 Å². The maximum absolute atomic E-state index is 10.8. The molecule has 7 heteroatoms. The molecule has 23 heavy (non-hydrogen) atoms. The highest BCUT2D eigenvalue weighted by Crippen LogP contribution is 2.26. The van der Waals surface area contributed by atoms with Gasteiger partial charge in [0.1, 0.15) is 12.4 Å². The van der Waals surface area contributed by atoms with E-state index in [9.17, 15) is 4.79 Å². The van der Waals surface area contributed by atoms with Crippen molar-refractivity contribution < 1.29 is 9.53 Å². The molecule has 0 atom stereocenters. The molecule has 6 nitrogen and oxygen atoms in total. The van der Waals surface area contributed by atoms with Crippen LogP contribution < -0.4 is 10.5 Å². The Morgan fingerprint density at radius 1 is 1.22 bits per heavy atom. The van der Waals surface area contributed by atoms with Crippen molar-refractivity contribution in [3.8, 4) is 5.75 Å². The van der Waals surface area contributed by atoms with Gasteiger partial charge >= 0.3 is 0 Å². The van der Waals surface area contributed by atoms with E-state index >= 15 is 0 Å². The van der Waals surface area contributed by atoms with Gasteiger partial charge < -0.3 is 15.0 Å². The second-order valence-electron chi connectivity index (χ2n) is 4.98. The summed E-state index contributed by atoms with van der Waals surface area (Å²) in [4.78, 5) is 10.8. The number of nitrogens with zero attached hydrogens (tertiary/aromatic N) is 3. The smallest absolute Gasteiger partial charge is 0.227 e. The molecule has 0 spiro atoms. The third kappa shape index (κ3) is 3.45. The second kappa shape index (κ2) is 6.70. The third-order valence-electron chi connectivity index (χ3n) is 3.38. The SMILES string of the molecule is Cn1c(COc2cccc3ccccc23)nnc1SCC(N)=O. The van der Waals surface area contributed by atoms with Crippen molar-refractivity contribution >= 4 is 28.4 Å². The standard InChI is InChI=1S/C16H16N4O2S/c1-20-15(18-19-16(20)23-10-14(17)21)9-22-13-8-4-6-11-5-2-3-7-12(11)13/h2-8H,9-10H2,1H3,(H2,17,21). The Kier molecular flexibility index (Phi) is 4.47. The van der Waals surface area contributed by atoms with Gasteiger partial charge in [-0.25, -0.2) is 0 Å². The Morgan fingerprint density at radius 3 is 2.83 bits per heavy atom. The monoisotopic (exact) mass is 328 g/mol. The average molecular weight is 328 g/mol. The Morgan fingerprint density at radius 2 is 2.00 bits per heavy atom. The highest BCUT2D eigenvalue weighted by Gasteiger charge is 2.11. The van der Waals surface area contributed by atoms with Gasteiger partial charge in [-0.2, -0.15) is 0 Å². The lowest BCUT2D eigenvalue weighted by Gasteiger charge is -2.09. The number of benzene rings is 2. The highest BCUT2D eigenvalue weighted by molar-refractivity contribution is 7.99. The molecular weight excluding hydrogens is 312 g/mol. The Balaban J connectivity index is 1.74. The van der Waals surface area contributed by atoms with E-state index in [2.05, 4.69) is 10.2 Å². The zero-order chi connectivity index (χ0) is 16.2. The molecule has 0 aliphatic carbocycles. The van der Waals surface area contributed by atoms with Crippen LogP contribution in [-0.4, -0.2) is 26.4 Å². The molecule has 0 bridgehead atoms. The van der Waals surface area contributed by atoms with Crippen LogP contribution in [0.3, 0.4) is 0 Å². The number of hydrogen-bond donors (Lipinski definition) is 1. The predicted molar refractivity (Wildman–Crippen MR) is 89.2 cm³/mol. The molecular formula is C16H16N4O2S. The maximum atomic E-state index is 10.8. The maximum Gasteiger partial charge on any atom is 0.227 e. The Hall–Kier alpha value is -2.54. The zero-order valence-corrected chi connectivity index (χ0v) is 13.4. The first-order valence-corrected chi connectivity index (χ1v) is 8.03. The normalized spacial score (nSPS) is 10.8. The average Bonchev–Trinajstić information content (AvgIpc) is 2.91. The molecule has 0 saturated heterocycles. The van der Waals surface area contributed by atoms with Crippen molar-refractivity contribution in [3.63, 3.8) is 0 Å². The first-order chi connectivity index (χ1) is 11.1. The van der Waals surface area contributed by atoms with E-state index in [0.717, 1.165) is 16.5 Å². The molecule has 1 aromatic heterocycles. The number of thioether (sulfide) groups is 1. The van der Waals surface area contributed by atoms with E-state index < -0.39 is 0 Å². The fraction of sp³-hybridized carbons (Fsp3) is 0.188. The number of rotatable bonds is 6. The molecule has 1 amide bonds. The fourth-order valence-corrected chi connectivity index (χ4v) is 2.86. The molecule has 0 radical (unpaired) electrons. The molecule has 0 unspecified atom stereocenters. The van der Waals surface area contributed by atoms with Crippen LogP contribution in [0.25, 0.3) is 10.8 Å². The number of hydrogen-bond acceptors (Lipinski definition) is 5. The topological polar surface area (TPSA) is 83.0 Å². The minimum absolute atomic E-state index is 0.177. The van der Waals surface area contributed by atoms with Crippen molar-refractivity contribution in [1.29, 1.82) is 0 Å². The van der Waals surface area contributed by atoms with Crippen molar-refractivity contribution in [2.24, 2.45) is 12.8 Å². The summed E-state index contributed by atoms with van der Waals surface area (Å²) in [7, 11) is 1.84. The summed E-state index contributed by atoms with van der Waals surface area (Å²) in [6, 6.07) is 14.0. The number of nitrogens with two attached hydrogens (primary N) is 1. The molecule has 0 aliphatic rings. The predicted octanol–water partition coefficient (Wildman–Crippen LogP) is 2.12. The molecule has 118 valence electrons. The molecule has 3 rings (SSSR count). The van der Waals surface area contributed by atoms with Crippen LogP contribution in [0.4, 0.5) is 0 Å². The van der Waals surface area contributed by atoms with Crippen LogP contribution in [0, 0.1) is 0 Å². The summed E-state index contributed by atoms with van der Waals surface area (Å²) in [5.41, 5.74) is 5.14. The number of primary amides is 1. The van der Waals surface area contributed by atoms with Gasteiger partial charge in [-0.1, -0.05) is 48.2 Å². The number of aromatic nitrogens is 3. The van der Waals surface area contributed by atoms with Gasteiger partial charge in [0.15, 0.2) is 11.0 Å². The van der Waals surface area contributed by atoms with Crippen LogP contribution in [0.2, 0.25) is 0 Å². The van der Waals surface area contributed by atoms with Gasteiger partial charge in [0.25, 0.3) is 0 Å². The fourth-order valence-electron chi connectivity index (χ4n) is 2.20. The van der Waals surface area contributed by atoms with Gasteiger partial charge in [-0.15, -0.1) is 10.2 Å². The number of ether oxygens (including phenoxy) is 1. The minimum atomic E-state index is -0.383. The quantitative estimate of drug-likeness (QED) is 0.701. The van der Waals surface area contributed by atoms with Crippen molar-refractivity contribution in [2.45, 2.75) is 11.8 Å². The van der Waals surface area contributed by atoms with E-state index in [1.54, 1.807) is 4.57 Å². The van der Waals surface area contributed by atoms with Crippen LogP contribution >= 0.6 is 11.8 Å². The molecule has 2 aromatic carbocycles. The first-order valence-electron chi connectivity index (χ1n) is 7.05. The van der Waals surface area contributed by atoms with Crippen LogP contribution in [-0.2, 0) is 18.4 Å². The van der Waals surface area contributed by atoms with E-state index in [1.165, 1.54) is 11.8 Å². The van der Waals surface area contributed by atoms with Crippen LogP contribution in [0.1, 0.15) is 5.82 Å². The number of carbonyl (C=O) groups excluding carboxylic acids is 1. The largest absolute Gasteiger partial charge is 0.485 e. The van der Waals surface area contributed by atoms with Gasteiger partial charge in [0, 0.05) is 12.4 Å². The highest BCUT2D eigenvalue weighted by atomic mass is 32.2. The Bertz CT molecular complexity index is 842. The molecule has 0 aliphatic heterocycles. The Labute approximate surface area is 137 Å². The number of fused-ring (bicyclic) bond motifs is 1. The minimum Gasteiger partial charge on any atom is -0.485 e. The molecule has 3 aromatic rings. The van der Waals surface area contributed by atoms with E-state index in [-0.39, 0.29) is 11.7 Å². The lowest BCUT2D eigenvalue weighted by atomic mass is 10.1. The van der Waals surface area contributed by atoms with Crippen LogP contribution in [0.5, 0.6) is 5.75 Å². The molecule has 1 heterocycles. The zero-order valence-electron chi connectivity index (χ0n) is 12.6. The van der Waals surface area contributed by atoms with E-state index in [0.29, 0.717) is 17.6 Å². The second-order valence-corrected chi connectivity index (χ2v) is 5.92. The van der Waals surface area contributed by atoms with Gasteiger partial charge in [0.2, 0.25) is 5.91 Å². The van der Waals surface area contributed by atoms with Gasteiger partial charge in [0.05, 0.1) is 5.75 Å². The van der Waals surface area contributed by atoms with Gasteiger partial charge in [-0.05, 0) is 11.5 Å². The first kappa shape index (κ1) is 15.4. The summed E-state index contributed by atoms with van der Waals surface area (Å²) >= 11 is 1.26. The summed E-state index contributed by atoms with van der Waals surface area (Å²) in [5, 5.41) is 11.0. The van der Waals surface area contributed by atoms with Gasteiger partial charge in [-0.3, -0.25) is 4.79 Å². The summed E-state index contributed by atoms with van der Waals surface area (Å²) < 4.78 is 7.71. The summed E-state index contributed by atoms with van der Waals surface area (Å²) in [6.45, 7) is 0.300. The summed E-state index contributed by atoms with van der Waals surface area (Å²) in [5.74, 6) is 1.28. The summed E-state index contributed by atoms with van der Waals surface area (Å²) in [6.07, 6.45) is 0. The van der Waals surface area contributed by atoms with Crippen LogP contribution in [0.15, 0.2) is 47.6 Å².